The Labute approximate surface area is 156 Å². The van der Waals surface area contributed by atoms with Crippen LogP contribution in [0.4, 0.5) is 0 Å². The van der Waals surface area contributed by atoms with E-state index in [2.05, 4.69) is 24.0 Å². The smallest absolute Gasteiger partial charge is 0.240 e. The minimum absolute atomic E-state index is 0.00981. The van der Waals surface area contributed by atoms with Gasteiger partial charge in [-0.3, -0.25) is 14.5 Å². The lowest BCUT2D eigenvalue weighted by molar-refractivity contribution is -0.132. The standard InChI is InChI=1S/C21H31N3O2/c1-2-3-10-20(25)23-13-7-12-22(15-16-23)19-11-14-24(21(19)26)17-18-8-5-4-6-9-18/h4-6,8-9,19H,2-3,7,10-17H2,1H3/t19-/m0/s1. The Morgan fingerprint density at radius 3 is 2.65 bits per heavy atom. The summed E-state index contributed by atoms with van der Waals surface area (Å²) < 4.78 is 0. The molecule has 0 radical (unpaired) electrons. The summed E-state index contributed by atoms with van der Waals surface area (Å²) in [5.74, 6) is 0.525. The fraction of sp³-hybridized carbons (Fsp3) is 0.619. The summed E-state index contributed by atoms with van der Waals surface area (Å²) in [4.78, 5) is 31.5. The van der Waals surface area contributed by atoms with E-state index >= 15 is 0 Å². The highest BCUT2D eigenvalue weighted by Gasteiger charge is 2.36. The van der Waals surface area contributed by atoms with Crippen LogP contribution in [0.25, 0.3) is 0 Å². The Kier molecular flexibility index (Phi) is 6.67. The van der Waals surface area contributed by atoms with Crippen molar-refractivity contribution in [3.8, 4) is 0 Å². The molecule has 2 saturated heterocycles. The highest BCUT2D eigenvalue weighted by molar-refractivity contribution is 5.84. The molecule has 0 aromatic heterocycles. The number of likely N-dealkylation sites (tertiary alicyclic amines) is 1. The molecule has 5 nitrogen and oxygen atoms in total. The minimum Gasteiger partial charge on any atom is -0.341 e. The van der Waals surface area contributed by atoms with Gasteiger partial charge in [0.1, 0.15) is 0 Å². The number of hydrogen-bond donors (Lipinski definition) is 0. The van der Waals surface area contributed by atoms with Crippen molar-refractivity contribution in [2.75, 3.05) is 32.7 Å². The van der Waals surface area contributed by atoms with Gasteiger partial charge in [-0.05, 0) is 24.8 Å². The van der Waals surface area contributed by atoms with Gasteiger partial charge < -0.3 is 9.80 Å². The second-order valence-electron chi connectivity index (χ2n) is 7.42. The number of carbonyl (C=O) groups is 2. The minimum atomic E-state index is -0.00981. The highest BCUT2D eigenvalue weighted by atomic mass is 16.2. The van der Waals surface area contributed by atoms with Crippen molar-refractivity contribution < 1.29 is 9.59 Å². The third kappa shape index (κ3) is 4.64. The largest absolute Gasteiger partial charge is 0.341 e. The molecule has 2 aliphatic rings. The van der Waals surface area contributed by atoms with Crippen LogP contribution in [0, 0.1) is 0 Å². The average molecular weight is 357 g/mol. The average Bonchev–Trinajstić information content (AvgIpc) is 2.87. The van der Waals surface area contributed by atoms with E-state index in [0.717, 1.165) is 58.4 Å². The lowest BCUT2D eigenvalue weighted by atomic mass is 10.2. The van der Waals surface area contributed by atoms with Crippen LogP contribution in [0.3, 0.4) is 0 Å². The molecule has 0 saturated carbocycles. The molecule has 142 valence electrons. The first-order valence-corrected chi connectivity index (χ1v) is 10.0. The van der Waals surface area contributed by atoms with E-state index in [-0.39, 0.29) is 17.9 Å². The van der Waals surface area contributed by atoms with Gasteiger partial charge in [-0.1, -0.05) is 43.7 Å². The zero-order chi connectivity index (χ0) is 18.4. The van der Waals surface area contributed by atoms with Crippen LogP contribution in [-0.2, 0) is 16.1 Å². The summed E-state index contributed by atoms with van der Waals surface area (Å²) in [5.41, 5.74) is 1.19. The molecule has 0 aliphatic carbocycles. The van der Waals surface area contributed by atoms with Crippen LogP contribution in [0.1, 0.15) is 44.6 Å². The third-order valence-electron chi connectivity index (χ3n) is 5.55. The first-order chi connectivity index (χ1) is 12.7. The molecule has 1 aromatic carbocycles. The van der Waals surface area contributed by atoms with Crippen LogP contribution < -0.4 is 0 Å². The van der Waals surface area contributed by atoms with Gasteiger partial charge in [0.15, 0.2) is 0 Å². The summed E-state index contributed by atoms with van der Waals surface area (Å²) in [5, 5.41) is 0. The molecule has 1 atom stereocenters. The summed E-state index contributed by atoms with van der Waals surface area (Å²) in [6, 6.07) is 10.2. The van der Waals surface area contributed by atoms with E-state index < -0.39 is 0 Å². The van der Waals surface area contributed by atoms with E-state index in [1.54, 1.807) is 0 Å². The molecule has 2 amide bonds. The summed E-state index contributed by atoms with van der Waals surface area (Å²) in [6.07, 6.45) is 4.54. The van der Waals surface area contributed by atoms with Gasteiger partial charge in [-0.25, -0.2) is 0 Å². The van der Waals surface area contributed by atoms with Crippen LogP contribution >= 0.6 is 0 Å². The number of hydrogen-bond acceptors (Lipinski definition) is 3. The molecule has 2 fully saturated rings. The zero-order valence-electron chi connectivity index (χ0n) is 15.9. The lowest BCUT2D eigenvalue weighted by Gasteiger charge is -2.26. The van der Waals surface area contributed by atoms with E-state index in [9.17, 15) is 9.59 Å². The van der Waals surface area contributed by atoms with Crippen molar-refractivity contribution in [3.05, 3.63) is 35.9 Å². The SMILES string of the molecule is CCCCC(=O)N1CCCN([C@H]2CCN(Cc3ccccc3)C2=O)CC1. The number of nitrogens with zero attached hydrogens (tertiary/aromatic N) is 3. The van der Waals surface area contributed by atoms with Gasteiger partial charge >= 0.3 is 0 Å². The zero-order valence-corrected chi connectivity index (χ0v) is 15.9. The fourth-order valence-corrected chi connectivity index (χ4v) is 4.01. The molecule has 26 heavy (non-hydrogen) atoms. The second-order valence-corrected chi connectivity index (χ2v) is 7.42. The number of benzene rings is 1. The topological polar surface area (TPSA) is 43.9 Å². The molecular formula is C21H31N3O2. The molecule has 0 bridgehead atoms. The molecule has 1 aromatic rings. The molecule has 5 heteroatoms. The summed E-state index contributed by atoms with van der Waals surface area (Å²) >= 11 is 0. The van der Waals surface area contributed by atoms with Crippen molar-refractivity contribution in [1.29, 1.82) is 0 Å². The highest BCUT2D eigenvalue weighted by Crippen LogP contribution is 2.21. The van der Waals surface area contributed by atoms with Gasteiger partial charge in [-0.2, -0.15) is 0 Å². The van der Waals surface area contributed by atoms with Gasteiger partial charge in [0.25, 0.3) is 0 Å². The molecule has 2 heterocycles. The first-order valence-electron chi connectivity index (χ1n) is 10.0. The van der Waals surface area contributed by atoms with Gasteiger partial charge in [0.05, 0.1) is 6.04 Å². The van der Waals surface area contributed by atoms with E-state index in [1.165, 1.54) is 5.56 Å². The number of unbranched alkanes of at least 4 members (excludes halogenated alkanes) is 1. The van der Waals surface area contributed by atoms with E-state index in [1.807, 2.05) is 28.0 Å². The van der Waals surface area contributed by atoms with Crippen molar-refractivity contribution >= 4 is 11.8 Å². The Morgan fingerprint density at radius 1 is 1.08 bits per heavy atom. The van der Waals surface area contributed by atoms with Gasteiger partial charge in [-0.15, -0.1) is 0 Å². The van der Waals surface area contributed by atoms with Gasteiger partial charge in [0.2, 0.25) is 11.8 Å². The third-order valence-corrected chi connectivity index (χ3v) is 5.55. The van der Waals surface area contributed by atoms with E-state index in [0.29, 0.717) is 13.0 Å². The molecule has 0 spiro atoms. The predicted molar refractivity (Wildman–Crippen MR) is 103 cm³/mol. The van der Waals surface area contributed by atoms with E-state index in [4.69, 9.17) is 0 Å². The second kappa shape index (κ2) is 9.17. The Hall–Kier alpha value is -1.88. The molecule has 3 rings (SSSR count). The molecule has 0 N–H and O–H groups in total. The summed E-state index contributed by atoms with van der Waals surface area (Å²) in [7, 11) is 0. The first kappa shape index (κ1) is 18.9. The van der Waals surface area contributed by atoms with Crippen molar-refractivity contribution in [3.63, 3.8) is 0 Å². The normalized spacial score (nSPS) is 21.9. The Balaban J connectivity index is 1.53. The predicted octanol–water partition coefficient (Wildman–Crippen LogP) is 2.51. The van der Waals surface area contributed by atoms with Crippen LogP contribution in [0.15, 0.2) is 30.3 Å². The Morgan fingerprint density at radius 2 is 1.88 bits per heavy atom. The number of carbonyl (C=O) groups excluding carboxylic acids is 2. The fourth-order valence-electron chi connectivity index (χ4n) is 4.01. The number of amides is 2. The van der Waals surface area contributed by atoms with Crippen LogP contribution in [0.5, 0.6) is 0 Å². The summed E-state index contributed by atoms with van der Waals surface area (Å²) in [6.45, 7) is 6.95. The molecular weight excluding hydrogens is 326 g/mol. The van der Waals surface area contributed by atoms with Gasteiger partial charge in [0, 0.05) is 45.7 Å². The maximum Gasteiger partial charge on any atom is 0.240 e. The molecule has 0 unspecified atom stereocenters. The van der Waals surface area contributed by atoms with Crippen LogP contribution in [0.2, 0.25) is 0 Å². The number of rotatable bonds is 6. The van der Waals surface area contributed by atoms with Crippen molar-refractivity contribution in [1.82, 2.24) is 14.7 Å². The quantitative estimate of drug-likeness (QED) is 0.786. The maximum atomic E-state index is 12.9. The van der Waals surface area contributed by atoms with Crippen molar-refractivity contribution in [2.45, 2.75) is 51.6 Å². The molecule has 2 aliphatic heterocycles. The van der Waals surface area contributed by atoms with Crippen molar-refractivity contribution in [2.24, 2.45) is 0 Å². The maximum absolute atomic E-state index is 12.9. The Bertz CT molecular complexity index is 605. The van der Waals surface area contributed by atoms with Crippen LogP contribution in [-0.4, -0.2) is 65.3 Å². The lowest BCUT2D eigenvalue weighted by Crippen LogP contribution is -2.44. The monoisotopic (exact) mass is 357 g/mol.